The summed E-state index contributed by atoms with van der Waals surface area (Å²) in [4.78, 5) is 7.29. The van der Waals surface area contributed by atoms with E-state index >= 15 is 0 Å². The predicted molar refractivity (Wildman–Crippen MR) is 121 cm³/mol. The van der Waals surface area contributed by atoms with Gasteiger partial charge >= 0.3 is 0 Å². The molecule has 1 aliphatic heterocycles. The summed E-state index contributed by atoms with van der Waals surface area (Å²) >= 11 is 5.19. The standard InChI is InChI=1S/C23H25BrN2O2S/c1-28-21-8-7-18(24)13-20(21)23-25-19(15-29-23)14-26-11-9-17(10-12-26)22(27)16-5-3-2-4-6-16/h2-8,13,15,17,22,27H,9-12,14H2,1H3. The third-order valence-electron chi connectivity index (χ3n) is 5.55. The Balaban J connectivity index is 1.37. The summed E-state index contributed by atoms with van der Waals surface area (Å²) in [5.41, 5.74) is 3.13. The lowest BCUT2D eigenvalue weighted by atomic mass is 9.87. The van der Waals surface area contributed by atoms with Gasteiger partial charge in [-0.1, -0.05) is 46.3 Å². The SMILES string of the molecule is COc1ccc(Br)cc1-c1nc(CN2CCC(C(O)c3ccccc3)CC2)cs1. The van der Waals surface area contributed by atoms with E-state index in [0.717, 1.165) is 64.5 Å². The largest absolute Gasteiger partial charge is 0.496 e. The highest BCUT2D eigenvalue weighted by molar-refractivity contribution is 9.10. The number of aliphatic hydroxyl groups excluding tert-OH is 1. The highest BCUT2D eigenvalue weighted by Gasteiger charge is 2.26. The molecule has 3 aromatic rings. The molecule has 1 unspecified atom stereocenters. The minimum absolute atomic E-state index is 0.325. The number of rotatable bonds is 6. The van der Waals surface area contributed by atoms with Crippen LogP contribution in [0.4, 0.5) is 0 Å². The van der Waals surface area contributed by atoms with Gasteiger partial charge in [0.25, 0.3) is 0 Å². The Morgan fingerprint density at radius 3 is 2.69 bits per heavy atom. The van der Waals surface area contributed by atoms with Crippen molar-refractivity contribution in [1.29, 1.82) is 0 Å². The molecule has 0 saturated carbocycles. The smallest absolute Gasteiger partial charge is 0.129 e. The van der Waals surface area contributed by atoms with E-state index in [4.69, 9.17) is 9.72 Å². The molecule has 0 bridgehead atoms. The van der Waals surface area contributed by atoms with E-state index in [1.165, 1.54) is 0 Å². The van der Waals surface area contributed by atoms with Gasteiger partial charge < -0.3 is 9.84 Å². The van der Waals surface area contributed by atoms with Crippen molar-refractivity contribution in [2.24, 2.45) is 5.92 Å². The predicted octanol–water partition coefficient (Wildman–Crippen LogP) is 5.53. The molecule has 152 valence electrons. The maximum Gasteiger partial charge on any atom is 0.129 e. The Labute approximate surface area is 184 Å². The van der Waals surface area contributed by atoms with Crippen molar-refractivity contribution in [2.45, 2.75) is 25.5 Å². The number of methoxy groups -OCH3 is 1. The number of nitrogens with zero attached hydrogens (tertiary/aromatic N) is 2. The Morgan fingerprint density at radius 2 is 1.97 bits per heavy atom. The second-order valence-corrected chi connectivity index (χ2v) is 9.23. The van der Waals surface area contributed by atoms with Crippen LogP contribution in [0, 0.1) is 5.92 Å². The zero-order valence-corrected chi connectivity index (χ0v) is 18.8. The molecule has 0 spiro atoms. The van der Waals surface area contributed by atoms with Crippen molar-refractivity contribution < 1.29 is 9.84 Å². The molecule has 1 N–H and O–H groups in total. The van der Waals surface area contributed by atoms with Crippen LogP contribution in [0.2, 0.25) is 0 Å². The van der Waals surface area contributed by atoms with Crippen LogP contribution in [0.5, 0.6) is 5.75 Å². The van der Waals surface area contributed by atoms with Crippen LogP contribution in [-0.2, 0) is 6.54 Å². The lowest BCUT2D eigenvalue weighted by Crippen LogP contribution is -2.35. The van der Waals surface area contributed by atoms with Crippen molar-refractivity contribution >= 4 is 27.3 Å². The molecule has 4 rings (SSSR count). The normalized spacial score (nSPS) is 16.7. The van der Waals surface area contributed by atoms with Gasteiger partial charge in [-0.15, -0.1) is 11.3 Å². The average Bonchev–Trinajstić information content (AvgIpc) is 3.23. The minimum Gasteiger partial charge on any atom is -0.496 e. The third-order valence-corrected chi connectivity index (χ3v) is 6.97. The van der Waals surface area contributed by atoms with Crippen LogP contribution in [-0.4, -0.2) is 35.2 Å². The third kappa shape index (κ3) is 4.89. The van der Waals surface area contributed by atoms with Crippen molar-refractivity contribution in [1.82, 2.24) is 9.88 Å². The fourth-order valence-electron chi connectivity index (χ4n) is 3.93. The van der Waals surface area contributed by atoms with E-state index in [9.17, 15) is 5.11 Å². The molecule has 4 nitrogen and oxygen atoms in total. The van der Waals surface area contributed by atoms with Crippen LogP contribution in [0.3, 0.4) is 0 Å². The molecule has 1 aromatic heterocycles. The molecule has 0 aliphatic carbocycles. The van der Waals surface area contributed by atoms with E-state index in [1.54, 1.807) is 18.4 Å². The number of hydrogen-bond donors (Lipinski definition) is 1. The second kappa shape index (κ2) is 9.39. The van der Waals surface area contributed by atoms with Gasteiger partial charge in [0.15, 0.2) is 0 Å². The van der Waals surface area contributed by atoms with Gasteiger partial charge in [-0.25, -0.2) is 4.98 Å². The summed E-state index contributed by atoms with van der Waals surface area (Å²) in [6, 6.07) is 16.0. The van der Waals surface area contributed by atoms with E-state index < -0.39 is 0 Å². The molecule has 0 radical (unpaired) electrons. The molecular weight excluding hydrogens is 448 g/mol. The fraction of sp³-hybridized carbons (Fsp3) is 0.348. The van der Waals surface area contributed by atoms with Gasteiger partial charge in [-0.3, -0.25) is 4.90 Å². The quantitative estimate of drug-likeness (QED) is 0.512. The van der Waals surface area contributed by atoms with Gasteiger partial charge in [0.05, 0.1) is 24.5 Å². The average molecular weight is 473 g/mol. The number of benzene rings is 2. The Bertz CT molecular complexity index is 939. The van der Waals surface area contributed by atoms with Crippen molar-refractivity contribution in [3.05, 3.63) is 69.6 Å². The topological polar surface area (TPSA) is 45.6 Å². The first-order valence-corrected chi connectivity index (χ1v) is 11.5. The summed E-state index contributed by atoms with van der Waals surface area (Å²) in [6.07, 6.45) is 1.65. The minimum atomic E-state index is -0.367. The zero-order valence-electron chi connectivity index (χ0n) is 16.4. The molecule has 29 heavy (non-hydrogen) atoms. The molecular formula is C23H25BrN2O2S. The number of piperidine rings is 1. The molecule has 1 fully saturated rings. The molecule has 1 saturated heterocycles. The molecule has 2 heterocycles. The number of thiazole rings is 1. The number of halogens is 1. The number of ether oxygens (including phenoxy) is 1. The monoisotopic (exact) mass is 472 g/mol. The molecule has 0 amide bonds. The fourth-order valence-corrected chi connectivity index (χ4v) is 5.12. The summed E-state index contributed by atoms with van der Waals surface area (Å²) in [5, 5.41) is 13.8. The number of aliphatic hydroxyl groups is 1. The summed E-state index contributed by atoms with van der Waals surface area (Å²) < 4.78 is 6.51. The molecule has 1 atom stereocenters. The summed E-state index contributed by atoms with van der Waals surface area (Å²) in [5.74, 6) is 1.16. The first kappa shape index (κ1) is 20.5. The van der Waals surface area contributed by atoms with Crippen molar-refractivity contribution in [2.75, 3.05) is 20.2 Å². The molecule has 6 heteroatoms. The van der Waals surface area contributed by atoms with Crippen LogP contribution in [0.15, 0.2) is 58.4 Å². The highest BCUT2D eigenvalue weighted by atomic mass is 79.9. The number of likely N-dealkylation sites (tertiary alicyclic amines) is 1. The Kier molecular flexibility index (Phi) is 6.65. The number of hydrogen-bond acceptors (Lipinski definition) is 5. The number of aromatic nitrogens is 1. The van der Waals surface area contributed by atoms with Gasteiger partial charge in [0.2, 0.25) is 0 Å². The van der Waals surface area contributed by atoms with Gasteiger partial charge in [0, 0.05) is 16.4 Å². The van der Waals surface area contributed by atoms with E-state index in [2.05, 4.69) is 32.3 Å². The maximum absolute atomic E-state index is 10.7. The summed E-state index contributed by atoms with van der Waals surface area (Å²) in [6.45, 7) is 2.82. The lowest BCUT2D eigenvalue weighted by molar-refractivity contribution is 0.0565. The summed E-state index contributed by atoms with van der Waals surface area (Å²) in [7, 11) is 1.69. The van der Waals surface area contributed by atoms with E-state index in [0.29, 0.717) is 5.92 Å². The van der Waals surface area contributed by atoms with Crippen LogP contribution in [0.25, 0.3) is 10.6 Å². The van der Waals surface area contributed by atoms with Gasteiger partial charge in [0.1, 0.15) is 10.8 Å². The van der Waals surface area contributed by atoms with Crippen LogP contribution >= 0.6 is 27.3 Å². The van der Waals surface area contributed by atoms with E-state index in [-0.39, 0.29) is 6.10 Å². The second-order valence-electron chi connectivity index (χ2n) is 7.46. The Hall–Kier alpha value is -1.73. The van der Waals surface area contributed by atoms with Crippen LogP contribution < -0.4 is 4.74 Å². The highest BCUT2D eigenvalue weighted by Crippen LogP contribution is 2.35. The van der Waals surface area contributed by atoms with Crippen LogP contribution in [0.1, 0.15) is 30.2 Å². The van der Waals surface area contributed by atoms with E-state index in [1.807, 2.05) is 42.5 Å². The zero-order chi connectivity index (χ0) is 20.2. The van der Waals surface area contributed by atoms with Crippen molar-refractivity contribution in [3.63, 3.8) is 0 Å². The first-order chi connectivity index (χ1) is 14.1. The lowest BCUT2D eigenvalue weighted by Gasteiger charge is -2.34. The molecule has 1 aliphatic rings. The van der Waals surface area contributed by atoms with Gasteiger partial charge in [-0.2, -0.15) is 0 Å². The Morgan fingerprint density at radius 1 is 1.21 bits per heavy atom. The van der Waals surface area contributed by atoms with Gasteiger partial charge in [-0.05, 0) is 55.6 Å². The first-order valence-electron chi connectivity index (χ1n) is 9.87. The van der Waals surface area contributed by atoms with Crippen molar-refractivity contribution in [3.8, 4) is 16.3 Å². The maximum atomic E-state index is 10.7. The molecule has 2 aromatic carbocycles.